The predicted octanol–water partition coefficient (Wildman–Crippen LogP) is 2.16. The van der Waals surface area contributed by atoms with Crippen molar-refractivity contribution in [3.05, 3.63) is 28.3 Å². The number of hydrogen-bond acceptors (Lipinski definition) is 8. The van der Waals surface area contributed by atoms with E-state index in [4.69, 9.17) is 22.0 Å². The number of nitrogen functional groups attached to an aromatic ring is 1. The number of aromatic nitrogens is 4. The van der Waals surface area contributed by atoms with Gasteiger partial charge in [0, 0.05) is 11.8 Å². The minimum atomic E-state index is -0.902. The number of anilines is 1. The Bertz CT molecular complexity index is 1340. The standard InChI is InChI=1S/C20H26O2.C8H11N5O3/c1-3-20(22)11-9-18-17-6-4-13-12-14(21)5-7-15(13)16(17)8-10-19(18,20)2;9-8-11-6-5(7(15)12-8)10-3-13(6)4-16-2-1-14/h1,12,15-18,22H,4-11H2,2H3;3,14H,1-2,4H2,(H3,9,11,12,15)/t15-,16+,17+,18-,19-,20-;/m0./s1. The first-order valence-corrected chi connectivity index (χ1v) is 13.5. The van der Waals surface area contributed by atoms with Crippen molar-refractivity contribution in [3.63, 3.8) is 0 Å². The van der Waals surface area contributed by atoms with Crippen LogP contribution in [0.4, 0.5) is 5.95 Å². The normalized spacial score (nSPS) is 33.8. The van der Waals surface area contributed by atoms with E-state index in [0.29, 0.717) is 35.1 Å². The number of fused-ring (bicyclic) bond motifs is 6. The first kappa shape index (κ1) is 26.6. The Morgan fingerprint density at radius 1 is 1.24 bits per heavy atom. The Balaban J connectivity index is 0.000000163. The lowest BCUT2D eigenvalue weighted by Gasteiger charge is -2.54. The summed E-state index contributed by atoms with van der Waals surface area (Å²) in [5.41, 5.74) is 6.02. The lowest BCUT2D eigenvalue weighted by Crippen LogP contribution is -2.52. The van der Waals surface area contributed by atoms with Gasteiger partial charge in [0.25, 0.3) is 5.56 Å². The van der Waals surface area contributed by atoms with Crippen LogP contribution in [0.3, 0.4) is 0 Å². The highest BCUT2D eigenvalue weighted by Gasteiger charge is 2.61. The van der Waals surface area contributed by atoms with E-state index in [-0.39, 0.29) is 42.4 Å². The molecule has 2 heterocycles. The fourth-order valence-electron chi connectivity index (χ4n) is 7.73. The van der Waals surface area contributed by atoms with Gasteiger partial charge >= 0.3 is 0 Å². The molecule has 10 heteroatoms. The zero-order chi connectivity index (χ0) is 27.1. The van der Waals surface area contributed by atoms with Crippen molar-refractivity contribution < 1.29 is 19.7 Å². The molecule has 0 radical (unpaired) electrons. The second-order valence-corrected chi connectivity index (χ2v) is 11.4. The molecule has 4 aliphatic rings. The van der Waals surface area contributed by atoms with Gasteiger partial charge in [0.1, 0.15) is 12.3 Å². The molecular weight excluding hydrogens is 486 g/mol. The van der Waals surface area contributed by atoms with Crippen molar-refractivity contribution in [2.45, 2.75) is 70.6 Å². The summed E-state index contributed by atoms with van der Waals surface area (Å²) in [7, 11) is 0. The van der Waals surface area contributed by atoms with Crippen LogP contribution >= 0.6 is 0 Å². The minimum Gasteiger partial charge on any atom is -0.394 e. The highest BCUT2D eigenvalue weighted by Crippen LogP contribution is 2.64. The maximum Gasteiger partial charge on any atom is 0.280 e. The molecule has 6 atom stereocenters. The second kappa shape index (κ2) is 10.3. The van der Waals surface area contributed by atoms with E-state index in [0.717, 1.165) is 44.9 Å². The van der Waals surface area contributed by atoms with Gasteiger partial charge in [-0.3, -0.25) is 19.1 Å². The lowest BCUT2D eigenvalue weighted by molar-refractivity contribution is -0.116. The number of nitrogens with two attached hydrogens (primary N) is 1. The molecule has 0 aromatic carbocycles. The van der Waals surface area contributed by atoms with E-state index in [1.165, 1.54) is 22.9 Å². The second-order valence-electron chi connectivity index (χ2n) is 11.4. The molecule has 0 aliphatic heterocycles. The summed E-state index contributed by atoms with van der Waals surface area (Å²) in [5.74, 6) is 5.69. The number of nitrogens with zero attached hydrogens (tertiary/aromatic N) is 3. The third-order valence-corrected chi connectivity index (χ3v) is 9.65. The molecule has 0 spiro atoms. The summed E-state index contributed by atoms with van der Waals surface area (Å²) in [4.78, 5) is 33.3. The molecule has 6 rings (SSSR count). The van der Waals surface area contributed by atoms with E-state index >= 15 is 0 Å². The predicted molar refractivity (Wildman–Crippen MR) is 141 cm³/mol. The zero-order valence-electron chi connectivity index (χ0n) is 21.9. The Morgan fingerprint density at radius 2 is 2.05 bits per heavy atom. The molecule has 204 valence electrons. The summed E-state index contributed by atoms with van der Waals surface area (Å²) in [6, 6.07) is 0. The highest BCUT2D eigenvalue weighted by molar-refractivity contribution is 5.91. The van der Waals surface area contributed by atoms with E-state index in [9.17, 15) is 14.7 Å². The van der Waals surface area contributed by atoms with Crippen molar-refractivity contribution in [2.75, 3.05) is 18.9 Å². The van der Waals surface area contributed by atoms with Crippen LogP contribution in [0.15, 0.2) is 22.8 Å². The summed E-state index contributed by atoms with van der Waals surface area (Å²) in [6.07, 6.45) is 17.2. The molecule has 0 amide bonds. The van der Waals surface area contributed by atoms with Gasteiger partial charge in [-0.05, 0) is 74.7 Å². The maximum absolute atomic E-state index is 11.7. The van der Waals surface area contributed by atoms with Crippen molar-refractivity contribution in [3.8, 4) is 12.3 Å². The number of imidazole rings is 1. The number of ketones is 1. The molecule has 4 aliphatic carbocycles. The number of nitrogens with one attached hydrogen (secondary N) is 1. The van der Waals surface area contributed by atoms with Crippen LogP contribution in [0.2, 0.25) is 0 Å². The monoisotopic (exact) mass is 523 g/mol. The Morgan fingerprint density at radius 3 is 2.82 bits per heavy atom. The number of rotatable bonds is 4. The number of allylic oxidation sites excluding steroid dienone is 1. The number of hydrogen-bond donors (Lipinski definition) is 4. The molecule has 3 fully saturated rings. The molecule has 0 unspecified atom stereocenters. The van der Waals surface area contributed by atoms with Gasteiger partial charge in [0.2, 0.25) is 5.95 Å². The molecule has 2 aromatic heterocycles. The third kappa shape index (κ3) is 4.46. The van der Waals surface area contributed by atoms with Crippen molar-refractivity contribution in [1.29, 1.82) is 0 Å². The van der Waals surface area contributed by atoms with Gasteiger partial charge in [-0.2, -0.15) is 4.98 Å². The Kier molecular flexibility index (Phi) is 7.20. The van der Waals surface area contributed by atoms with Gasteiger partial charge in [0.15, 0.2) is 16.9 Å². The lowest BCUT2D eigenvalue weighted by atomic mass is 9.50. The van der Waals surface area contributed by atoms with E-state index in [1.54, 1.807) is 0 Å². The number of terminal acetylenes is 1. The van der Waals surface area contributed by atoms with Crippen molar-refractivity contribution >= 4 is 22.9 Å². The average Bonchev–Trinajstić information content (AvgIpc) is 3.42. The fourth-order valence-corrected chi connectivity index (χ4v) is 7.73. The van der Waals surface area contributed by atoms with Crippen LogP contribution in [0.5, 0.6) is 0 Å². The molecule has 5 N–H and O–H groups in total. The summed E-state index contributed by atoms with van der Waals surface area (Å²) in [6.45, 7) is 2.53. The molecule has 2 aromatic rings. The number of H-pyrrole nitrogens is 1. The number of aliphatic hydroxyl groups excluding tert-OH is 1. The summed E-state index contributed by atoms with van der Waals surface area (Å²) >= 11 is 0. The fraction of sp³-hybridized carbons (Fsp3) is 0.643. The molecule has 10 nitrogen and oxygen atoms in total. The molecule has 0 saturated heterocycles. The van der Waals surface area contributed by atoms with Crippen LogP contribution in [0.1, 0.15) is 58.3 Å². The smallest absolute Gasteiger partial charge is 0.280 e. The quantitative estimate of drug-likeness (QED) is 0.351. The van der Waals surface area contributed by atoms with Gasteiger partial charge in [0.05, 0.1) is 19.5 Å². The first-order chi connectivity index (χ1) is 18.2. The van der Waals surface area contributed by atoms with Gasteiger partial charge in [-0.1, -0.05) is 18.4 Å². The SMILES string of the molecule is C#C[C@]1(O)CC[C@H]2[C@@H]3CCC4=CC(=O)CC[C@@H]4[C@H]3CC[C@@]21C.Nc1nc2c(ncn2COCCO)c(=O)[nH]1. The van der Waals surface area contributed by atoms with E-state index in [2.05, 4.69) is 27.8 Å². The average molecular weight is 524 g/mol. The van der Waals surface area contributed by atoms with Crippen LogP contribution < -0.4 is 11.3 Å². The number of carbonyl (C=O) groups is 1. The number of carbonyl (C=O) groups excluding carboxylic acids is 1. The summed E-state index contributed by atoms with van der Waals surface area (Å²) in [5, 5.41) is 19.5. The van der Waals surface area contributed by atoms with Crippen molar-refractivity contribution in [2.24, 2.45) is 29.1 Å². The minimum absolute atomic E-state index is 0.0291. The maximum atomic E-state index is 11.7. The topological polar surface area (TPSA) is 156 Å². The zero-order valence-corrected chi connectivity index (χ0v) is 21.9. The number of ether oxygens (including phenoxy) is 1. The Hall–Kier alpha value is -3.00. The summed E-state index contributed by atoms with van der Waals surface area (Å²) < 4.78 is 6.63. The molecule has 0 bridgehead atoms. The number of aromatic amines is 1. The van der Waals surface area contributed by atoms with Crippen LogP contribution in [-0.2, 0) is 16.3 Å². The van der Waals surface area contributed by atoms with Crippen LogP contribution in [0, 0.1) is 41.4 Å². The van der Waals surface area contributed by atoms with Gasteiger partial charge in [-0.15, -0.1) is 6.42 Å². The molecular formula is C28H37N5O5. The third-order valence-electron chi connectivity index (χ3n) is 9.65. The highest BCUT2D eigenvalue weighted by atomic mass is 16.5. The van der Waals surface area contributed by atoms with Crippen molar-refractivity contribution in [1.82, 2.24) is 19.5 Å². The largest absolute Gasteiger partial charge is 0.394 e. The first-order valence-electron chi connectivity index (χ1n) is 13.5. The Labute approximate surface area is 221 Å². The number of aliphatic hydroxyl groups is 2. The molecule has 3 saturated carbocycles. The van der Waals surface area contributed by atoms with Crippen LogP contribution in [-0.4, -0.2) is 54.3 Å². The van der Waals surface area contributed by atoms with Crippen LogP contribution in [0.25, 0.3) is 11.2 Å². The van der Waals surface area contributed by atoms with E-state index < -0.39 is 5.60 Å². The van der Waals surface area contributed by atoms with Gasteiger partial charge < -0.3 is 20.7 Å². The van der Waals surface area contributed by atoms with E-state index in [1.807, 2.05) is 6.08 Å². The molecule has 38 heavy (non-hydrogen) atoms. The van der Waals surface area contributed by atoms with Gasteiger partial charge in [-0.25, -0.2) is 4.98 Å².